The number of carbonyl (C=O) groups excluding carboxylic acids is 1. The van der Waals surface area contributed by atoms with Gasteiger partial charge in [0.25, 0.3) is 0 Å². The van der Waals surface area contributed by atoms with Gasteiger partial charge in [-0.1, -0.05) is 51.1 Å². The SMILES string of the molecule is Cc1ccccc1-c1c2c(nn1C)C1(C)C=C(C#N)C(=O)C(C)(C)C1CC2. The van der Waals surface area contributed by atoms with Gasteiger partial charge in [-0.3, -0.25) is 9.48 Å². The zero-order chi connectivity index (χ0) is 19.6. The third-order valence-corrected chi connectivity index (χ3v) is 6.73. The second kappa shape index (κ2) is 5.66. The van der Waals surface area contributed by atoms with E-state index in [1.165, 1.54) is 16.7 Å². The molecule has 2 aliphatic carbocycles. The zero-order valence-corrected chi connectivity index (χ0v) is 16.6. The van der Waals surface area contributed by atoms with E-state index < -0.39 is 10.8 Å². The van der Waals surface area contributed by atoms with Gasteiger partial charge in [0, 0.05) is 29.0 Å². The molecule has 0 saturated heterocycles. The van der Waals surface area contributed by atoms with Crippen molar-refractivity contribution in [2.45, 2.75) is 46.0 Å². The van der Waals surface area contributed by atoms with Crippen molar-refractivity contribution in [3.63, 3.8) is 0 Å². The van der Waals surface area contributed by atoms with Gasteiger partial charge >= 0.3 is 0 Å². The number of nitrogens with zero attached hydrogens (tertiary/aromatic N) is 3. The molecule has 2 atom stereocenters. The van der Waals surface area contributed by atoms with Crippen LogP contribution in [-0.2, 0) is 23.7 Å². The Morgan fingerprint density at radius 3 is 2.63 bits per heavy atom. The molecule has 1 aromatic carbocycles. The molecular formula is C23H25N3O. The maximum Gasteiger partial charge on any atom is 0.178 e. The van der Waals surface area contributed by atoms with Crippen LogP contribution in [0.4, 0.5) is 0 Å². The monoisotopic (exact) mass is 359 g/mol. The summed E-state index contributed by atoms with van der Waals surface area (Å²) in [6, 6.07) is 10.5. The fraction of sp³-hybridized carbons (Fsp3) is 0.435. The van der Waals surface area contributed by atoms with Crippen LogP contribution in [0.3, 0.4) is 0 Å². The molecule has 0 amide bonds. The van der Waals surface area contributed by atoms with E-state index in [-0.39, 0.29) is 17.3 Å². The molecule has 1 heterocycles. The third kappa shape index (κ3) is 2.27. The van der Waals surface area contributed by atoms with Gasteiger partial charge in [-0.25, -0.2) is 0 Å². The van der Waals surface area contributed by atoms with Crippen LogP contribution in [0.15, 0.2) is 35.9 Å². The number of carbonyl (C=O) groups is 1. The summed E-state index contributed by atoms with van der Waals surface area (Å²) in [5.74, 6) is 0.104. The second-order valence-electron chi connectivity index (χ2n) is 8.71. The Kier molecular flexibility index (Phi) is 3.72. The Hall–Kier alpha value is -2.67. The van der Waals surface area contributed by atoms with E-state index >= 15 is 0 Å². The number of aryl methyl sites for hydroxylation is 2. The lowest BCUT2D eigenvalue weighted by Gasteiger charge is -2.49. The van der Waals surface area contributed by atoms with Gasteiger partial charge in [0.15, 0.2) is 5.78 Å². The Labute approximate surface area is 160 Å². The minimum absolute atomic E-state index is 0.0361. The maximum absolute atomic E-state index is 12.8. The van der Waals surface area contributed by atoms with E-state index in [1.54, 1.807) is 0 Å². The molecule has 2 unspecified atom stereocenters. The van der Waals surface area contributed by atoms with Crippen molar-refractivity contribution in [1.82, 2.24) is 9.78 Å². The molecule has 27 heavy (non-hydrogen) atoms. The number of Topliss-reactive ketones (excluding diaryl/α,β-unsaturated/α-hetero) is 1. The molecule has 4 nitrogen and oxygen atoms in total. The molecule has 0 aliphatic heterocycles. The highest BCUT2D eigenvalue weighted by atomic mass is 16.1. The van der Waals surface area contributed by atoms with Crippen LogP contribution >= 0.6 is 0 Å². The van der Waals surface area contributed by atoms with Gasteiger partial charge in [0.2, 0.25) is 0 Å². The standard InChI is InChI=1S/C23H25N3O/c1-14-8-6-7-9-16(14)19-17-10-11-18-22(2,3)21(27)15(13-24)12-23(18,4)20(17)25-26(19)5/h6-9,12,18H,10-11H2,1-5H3. The van der Waals surface area contributed by atoms with Gasteiger partial charge in [-0.15, -0.1) is 0 Å². The first kappa shape index (κ1) is 17.7. The molecular weight excluding hydrogens is 334 g/mol. The van der Waals surface area contributed by atoms with Crippen molar-refractivity contribution >= 4 is 5.78 Å². The number of nitriles is 1. The predicted octanol–water partition coefficient (Wildman–Crippen LogP) is 4.27. The molecule has 4 rings (SSSR count). The molecule has 138 valence electrons. The number of ketones is 1. The first-order chi connectivity index (χ1) is 12.7. The summed E-state index contributed by atoms with van der Waals surface area (Å²) in [6.07, 6.45) is 3.71. The molecule has 0 N–H and O–H groups in total. The molecule has 1 aromatic heterocycles. The Bertz CT molecular complexity index is 1030. The summed E-state index contributed by atoms with van der Waals surface area (Å²) in [7, 11) is 1.99. The Morgan fingerprint density at radius 1 is 1.26 bits per heavy atom. The highest BCUT2D eigenvalue weighted by Gasteiger charge is 2.55. The molecule has 0 bridgehead atoms. The third-order valence-electron chi connectivity index (χ3n) is 6.73. The van der Waals surface area contributed by atoms with Gasteiger partial charge in [-0.2, -0.15) is 10.4 Å². The summed E-state index contributed by atoms with van der Waals surface area (Å²) >= 11 is 0. The van der Waals surface area contributed by atoms with Crippen LogP contribution in [0.5, 0.6) is 0 Å². The predicted molar refractivity (Wildman–Crippen MR) is 105 cm³/mol. The summed E-state index contributed by atoms with van der Waals surface area (Å²) in [6.45, 7) is 8.24. The first-order valence-corrected chi connectivity index (χ1v) is 9.52. The minimum atomic E-state index is -0.563. The van der Waals surface area contributed by atoms with Crippen molar-refractivity contribution in [2.24, 2.45) is 18.4 Å². The van der Waals surface area contributed by atoms with Crippen LogP contribution in [0.2, 0.25) is 0 Å². The van der Waals surface area contributed by atoms with Crippen molar-refractivity contribution in [3.8, 4) is 17.3 Å². The molecule has 0 radical (unpaired) electrons. The number of benzene rings is 1. The van der Waals surface area contributed by atoms with Gasteiger partial charge in [-0.05, 0) is 31.2 Å². The summed E-state index contributed by atoms with van der Waals surface area (Å²) in [5, 5.41) is 14.5. The van der Waals surface area contributed by atoms with E-state index in [0.717, 1.165) is 24.2 Å². The van der Waals surface area contributed by atoms with Crippen LogP contribution in [-0.4, -0.2) is 15.6 Å². The van der Waals surface area contributed by atoms with Crippen molar-refractivity contribution in [1.29, 1.82) is 5.26 Å². The lowest BCUT2D eigenvalue weighted by molar-refractivity contribution is -0.128. The van der Waals surface area contributed by atoms with E-state index in [2.05, 4.69) is 44.2 Å². The van der Waals surface area contributed by atoms with Gasteiger partial charge in [0.05, 0.1) is 17.0 Å². The Morgan fingerprint density at radius 2 is 1.96 bits per heavy atom. The van der Waals surface area contributed by atoms with Gasteiger partial charge in [0.1, 0.15) is 6.07 Å². The van der Waals surface area contributed by atoms with Gasteiger partial charge < -0.3 is 0 Å². The van der Waals surface area contributed by atoms with E-state index in [4.69, 9.17) is 5.10 Å². The molecule has 0 fully saturated rings. The van der Waals surface area contributed by atoms with Crippen molar-refractivity contribution in [2.75, 3.05) is 0 Å². The highest BCUT2D eigenvalue weighted by molar-refractivity contribution is 6.04. The number of rotatable bonds is 1. The van der Waals surface area contributed by atoms with Crippen LogP contribution < -0.4 is 0 Å². The average molecular weight is 359 g/mol. The topological polar surface area (TPSA) is 58.7 Å². The van der Waals surface area contributed by atoms with Crippen LogP contribution in [0.1, 0.15) is 44.0 Å². The normalized spacial score (nSPS) is 26.0. The Balaban J connectivity index is 1.98. The molecule has 0 saturated carbocycles. The number of hydrogen-bond acceptors (Lipinski definition) is 3. The zero-order valence-electron chi connectivity index (χ0n) is 16.6. The lowest BCUT2D eigenvalue weighted by Crippen LogP contribution is -2.51. The highest BCUT2D eigenvalue weighted by Crippen LogP contribution is 2.55. The summed E-state index contributed by atoms with van der Waals surface area (Å²) < 4.78 is 1.98. The molecule has 4 heteroatoms. The van der Waals surface area contributed by atoms with Crippen LogP contribution in [0, 0.1) is 29.6 Å². The second-order valence-corrected chi connectivity index (χ2v) is 8.71. The fourth-order valence-electron chi connectivity index (χ4n) is 5.40. The first-order valence-electron chi connectivity index (χ1n) is 9.52. The molecule has 2 aromatic rings. The van der Waals surface area contributed by atoms with E-state index in [0.29, 0.717) is 0 Å². The molecule has 2 aliphatic rings. The fourth-order valence-corrected chi connectivity index (χ4v) is 5.40. The summed E-state index contributed by atoms with van der Waals surface area (Å²) in [5.41, 5.74) is 5.16. The number of aromatic nitrogens is 2. The maximum atomic E-state index is 12.8. The largest absolute Gasteiger partial charge is 0.293 e. The average Bonchev–Trinajstić information content (AvgIpc) is 2.96. The molecule has 0 spiro atoms. The minimum Gasteiger partial charge on any atom is -0.293 e. The number of hydrogen-bond donors (Lipinski definition) is 0. The number of fused-ring (bicyclic) bond motifs is 3. The smallest absolute Gasteiger partial charge is 0.178 e. The number of allylic oxidation sites excluding steroid dienone is 2. The lowest BCUT2D eigenvalue weighted by atomic mass is 9.52. The van der Waals surface area contributed by atoms with E-state index in [1.807, 2.05) is 31.7 Å². The summed E-state index contributed by atoms with van der Waals surface area (Å²) in [4.78, 5) is 12.8. The quantitative estimate of drug-likeness (QED) is 0.764. The van der Waals surface area contributed by atoms with Crippen molar-refractivity contribution in [3.05, 3.63) is 52.7 Å². The van der Waals surface area contributed by atoms with E-state index in [9.17, 15) is 10.1 Å². The van der Waals surface area contributed by atoms with Crippen LogP contribution in [0.25, 0.3) is 11.3 Å². The van der Waals surface area contributed by atoms with Crippen molar-refractivity contribution < 1.29 is 4.79 Å².